The van der Waals surface area contributed by atoms with Gasteiger partial charge in [0.25, 0.3) is 0 Å². The van der Waals surface area contributed by atoms with E-state index in [4.69, 9.17) is 4.98 Å². The number of pyridine rings is 1. The minimum Gasteiger partial charge on any atom is -0.248 e. The van der Waals surface area contributed by atoms with Gasteiger partial charge in [-0.1, -0.05) is 109 Å². The highest BCUT2D eigenvalue weighted by atomic mass is 14.8. The van der Waals surface area contributed by atoms with Crippen molar-refractivity contribution in [3.05, 3.63) is 164 Å². The van der Waals surface area contributed by atoms with Gasteiger partial charge in [0.2, 0.25) is 0 Å². The lowest BCUT2D eigenvalue weighted by Gasteiger charge is -2.15. The lowest BCUT2D eigenvalue weighted by molar-refractivity contribution is 1.18. The molecule has 0 aliphatic heterocycles. The zero-order valence-electron chi connectivity index (χ0n) is 23.9. The zero-order chi connectivity index (χ0) is 29.3. The van der Waals surface area contributed by atoms with E-state index in [1.807, 2.05) is 18.2 Å². The van der Waals surface area contributed by atoms with E-state index in [9.17, 15) is 0 Å². The van der Waals surface area contributed by atoms with Crippen LogP contribution in [0.3, 0.4) is 0 Å². The summed E-state index contributed by atoms with van der Waals surface area (Å²) in [7, 11) is 0. The highest BCUT2D eigenvalue weighted by Crippen LogP contribution is 2.39. The average Bonchev–Trinajstić information content (AvgIpc) is 3.12. The molecule has 0 saturated heterocycles. The number of nitrogens with zero attached hydrogens (tertiary/aromatic N) is 3. The lowest BCUT2D eigenvalue weighted by atomic mass is 9.90. The molecule has 3 nitrogen and oxygen atoms in total. The van der Waals surface area contributed by atoms with Crippen LogP contribution >= 0.6 is 0 Å². The zero-order valence-corrected chi connectivity index (χ0v) is 23.9. The maximum absolute atomic E-state index is 5.11. The highest BCUT2D eigenvalue weighted by Gasteiger charge is 2.15. The van der Waals surface area contributed by atoms with Gasteiger partial charge in [0, 0.05) is 29.1 Å². The third kappa shape index (κ3) is 4.81. The van der Waals surface area contributed by atoms with Crippen molar-refractivity contribution in [1.29, 1.82) is 0 Å². The summed E-state index contributed by atoms with van der Waals surface area (Å²) in [5.74, 6) is 0.696. The molecule has 0 radical (unpaired) electrons. The summed E-state index contributed by atoms with van der Waals surface area (Å²) in [6, 6.07) is 53.3. The molecule has 0 amide bonds. The topological polar surface area (TPSA) is 38.7 Å². The van der Waals surface area contributed by atoms with Crippen LogP contribution in [-0.2, 0) is 0 Å². The Hall–Kier alpha value is -5.93. The lowest BCUT2D eigenvalue weighted by Crippen LogP contribution is -1.94. The smallest absolute Gasteiger partial charge is 0.159 e. The third-order valence-corrected chi connectivity index (χ3v) is 8.13. The minimum atomic E-state index is 0.696. The summed E-state index contributed by atoms with van der Waals surface area (Å²) in [6.45, 7) is 0. The van der Waals surface area contributed by atoms with E-state index in [1.165, 1.54) is 27.1 Å². The Kier molecular flexibility index (Phi) is 6.47. The van der Waals surface area contributed by atoms with Crippen LogP contribution in [-0.4, -0.2) is 15.0 Å². The summed E-state index contributed by atoms with van der Waals surface area (Å²) < 4.78 is 0. The van der Waals surface area contributed by atoms with Crippen molar-refractivity contribution >= 4 is 21.5 Å². The van der Waals surface area contributed by atoms with Crippen molar-refractivity contribution in [3.63, 3.8) is 0 Å². The van der Waals surface area contributed by atoms with Crippen LogP contribution in [0.25, 0.3) is 77.7 Å². The van der Waals surface area contributed by atoms with E-state index in [-0.39, 0.29) is 0 Å². The predicted molar refractivity (Wildman–Crippen MR) is 182 cm³/mol. The molecule has 0 fully saturated rings. The largest absolute Gasteiger partial charge is 0.248 e. The SMILES string of the molecule is c1ccc(-c2cc(-c3cc(-c4ncccn4)cc(-c4cc5ccccc5c5ccccc45)c3)cc(-c3ccccc3)n2)cc1. The number of rotatable bonds is 5. The first kappa shape index (κ1) is 25.8. The van der Waals surface area contributed by atoms with Crippen molar-refractivity contribution in [2.45, 2.75) is 0 Å². The second kappa shape index (κ2) is 11.0. The predicted octanol–water partition coefficient (Wildman–Crippen LogP) is 10.5. The van der Waals surface area contributed by atoms with Crippen molar-refractivity contribution in [1.82, 2.24) is 15.0 Å². The molecule has 8 aromatic rings. The molecule has 6 aromatic carbocycles. The summed E-state index contributed by atoms with van der Waals surface area (Å²) in [5, 5.41) is 4.92. The molecule has 3 heteroatoms. The van der Waals surface area contributed by atoms with Crippen LogP contribution in [0.4, 0.5) is 0 Å². The molecule has 0 aliphatic carbocycles. The van der Waals surface area contributed by atoms with Crippen LogP contribution in [0.1, 0.15) is 0 Å². The van der Waals surface area contributed by atoms with Gasteiger partial charge in [0.05, 0.1) is 11.4 Å². The van der Waals surface area contributed by atoms with Gasteiger partial charge in [-0.05, 0) is 86.3 Å². The molecule has 0 unspecified atom stereocenters. The number of hydrogen-bond acceptors (Lipinski definition) is 3. The number of hydrogen-bond donors (Lipinski definition) is 0. The molecule has 0 atom stereocenters. The fraction of sp³-hybridized carbons (Fsp3) is 0. The summed E-state index contributed by atoms with van der Waals surface area (Å²) in [4.78, 5) is 14.4. The van der Waals surface area contributed by atoms with E-state index in [1.54, 1.807) is 12.4 Å². The highest BCUT2D eigenvalue weighted by molar-refractivity contribution is 6.14. The Morgan fingerprint density at radius 2 is 0.864 bits per heavy atom. The normalized spacial score (nSPS) is 11.2. The Morgan fingerprint density at radius 1 is 0.341 bits per heavy atom. The van der Waals surface area contributed by atoms with E-state index in [2.05, 4.69) is 143 Å². The van der Waals surface area contributed by atoms with Crippen LogP contribution in [0, 0.1) is 0 Å². The molecule has 0 spiro atoms. The Bertz CT molecular complexity index is 2200. The average molecular weight is 562 g/mol. The van der Waals surface area contributed by atoms with E-state index < -0.39 is 0 Å². The van der Waals surface area contributed by atoms with Gasteiger partial charge < -0.3 is 0 Å². The van der Waals surface area contributed by atoms with Crippen molar-refractivity contribution in [2.24, 2.45) is 0 Å². The van der Waals surface area contributed by atoms with Gasteiger partial charge in [-0.3, -0.25) is 0 Å². The van der Waals surface area contributed by atoms with Gasteiger partial charge in [-0.2, -0.15) is 0 Å². The Labute approximate surface area is 256 Å². The molecule has 8 rings (SSSR count). The number of aromatic nitrogens is 3. The van der Waals surface area contributed by atoms with Crippen LogP contribution < -0.4 is 0 Å². The minimum absolute atomic E-state index is 0.696. The molecule has 0 aliphatic rings. The second-order valence-electron chi connectivity index (χ2n) is 10.9. The van der Waals surface area contributed by atoms with Crippen LogP contribution in [0.2, 0.25) is 0 Å². The fourth-order valence-corrected chi connectivity index (χ4v) is 6.03. The quantitative estimate of drug-likeness (QED) is 0.196. The van der Waals surface area contributed by atoms with Crippen molar-refractivity contribution in [3.8, 4) is 56.2 Å². The van der Waals surface area contributed by atoms with E-state index >= 15 is 0 Å². The summed E-state index contributed by atoms with van der Waals surface area (Å²) >= 11 is 0. The fourth-order valence-electron chi connectivity index (χ4n) is 6.03. The molecule has 0 saturated carbocycles. The maximum Gasteiger partial charge on any atom is 0.159 e. The standard InChI is InChI=1S/C41H27N3/c1-3-12-28(13-4-1)39-26-32(27-40(44-39)29-14-5-2-6-15-29)31-22-33(24-34(23-31)41-42-20-11-21-43-41)38-25-30-16-7-8-17-35(30)36-18-9-10-19-37(36)38/h1-27H. The van der Waals surface area contributed by atoms with Gasteiger partial charge in [0.15, 0.2) is 5.82 Å². The third-order valence-electron chi connectivity index (χ3n) is 8.13. The molecular formula is C41H27N3. The van der Waals surface area contributed by atoms with Gasteiger partial charge in [0.1, 0.15) is 0 Å². The summed E-state index contributed by atoms with van der Waals surface area (Å²) in [6.07, 6.45) is 3.60. The Balaban J connectivity index is 1.41. The first-order valence-corrected chi connectivity index (χ1v) is 14.8. The number of benzene rings is 6. The Morgan fingerprint density at radius 3 is 1.55 bits per heavy atom. The molecule has 2 aromatic heterocycles. The van der Waals surface area contributed by atoms with Crippen LogP contribution in [0.5, 0.6) is 0 Å². The number of fused-ring (bicyclic) bond motifs is 3. The maximum atomic E-state index is 5.11. The molecule has 2 heterocycles. The molecule has 0 N–H and O–H groups in total. The first-order valence-electron chi connectivity index (χ1n) is 14.8. The van der Waals surface area contributed by atoms with Gasteiger partial charge >= 0.3 is 0 Å². The molecule has 0 bridgehead atoms. The first-order chi connectivity index (χ1) is 21.8. The molecular weight excluding hydrogens is 534 g/mol. The van der Waals surface area contributed by atoms with Gasteiger partial charge in [-0.15, -0.1) is 0 Å². The second-order valence-corrected chi connectivity index (χ2v) is 10.9. The van der Waals surface area contributed by atoms with Crippen LogP contribution in [0.15, 0.2) is 164 Å². The molecule has 206 valence electrons. The summed E-state index contributed by atoms with van der Waals surface area (Å²) in [5.41, 5.74) is 9.45. The monoisotopic (exact) mass is 561 g/mol. The van der Waals surface area contributed by atoms with Crippen molar-refractivity contribution in [2.75, 3.05) is 0 Å². The molecule has 44 heavy (non-hydrogen) atoms. The van der Waals surface area contributed by atoms with E-state index in [0.29, 0.717) is 5.82 Å². The van der Waals surface area contributed by atoms with Crippen molar-refractivity contribution < 1.29 is 0 Å². The van der Waals surface area contributed by atoms with Gasteiger partial charge in [-0.25, -0.2) is 15.0 Å². The van der Waals surface area contributed by atoms with E-state index in [0.717, 1.165) is 44.8 Å².